The molecule has 0 aliphatic carbocycles. The molecule has 22 heavy (non-hydrogen) atoms. The van der Waals surface area contributed by atoms with Crippen molar-refractivity contribution in [2.45, 2.75) is 19.8 Å². The predicted octanol–water partition coefficient (Wildman–Crippen LogP) is 2.28. The summed E-state index contributed by atoms with van der Waals surface area (Å²) >= 11 is 0. The molecule has 0 bridgehead atoms. The Morgan fingerprint density at radius 3 is 2.05 bits per heavy atom. The number of unbranched alkanes of at least 4 members (excludes halogenated alkanes) is 1. The van der Waals surface area contributed by atoms with Crippen molar-refractivity contribution in [3.05, 3.63) is 42.0 Å². The standard InChI is InChI=1S/C11H14O3.C4H4O4/c1-2-3-8-14-10-7-5-4-6-9(10)11(12)13;5-3(6)1-2-4(7)8/h4-7H,2-3,8H2,1H3,(H,12,13);1-2H,(H,5,6)(H,7,8)/b;2-1+. The topological polar surface area (TPSA) is 121 Å². The fraction of sp³-hybridized carbons (Fsp3) is 0.267. The molecule has 0 unspecified atom stereocenters. The van der Waals surface area contributed by atoms with E-state index in [0.29, 0.717) is 24.5 Å². The third-order valence-corrected chi connectivity index (χ3v) is 2.24. The molecule has 7 heteroatoms. The minimum absolute atomic E-state index is 0.226. The number of hydrogen-bond donors (Lipinski definition) is 3. The van der Waals surface area contributed by atoms with Gasteiger partial charge in [0.15, 0.2) is 0 Å². The van der Waals surface area contributed by atoms with Crippen molar-refractivity contribution in [2.75, 3.05) is 6.61 Å². The molecule has 0 radical (unpaired) electrons. The summed E-state index contributed by atoms with van der Waals surface area (Å²) in [7, 11) is 0. The van der Waals surface area contributed by atoms with Gasteiger partial charge in [-0.3, -0.25) is 0 Å². The van der Waals surface area contributed by atoms with E-state index >= 15 is 0 Å². The van der Waals surface area contributed by atoms with Crippen molar-refractivity contribution in [1.29, 1.82) is 0 Å². The van der Waals surface area contributed by atoms with E-state index in [0.717, 1.165) is 12.8 Å². The van der Waals surface area contributed by atoms with Gasteiger partial charge in [0.1, 0.15) is 11.3 Å². The Labute approximate surface area is 127 Å². The van der Waals surface area contributed by atoms with Crippen molar-refractivity contribution in [3.8, 4) is 5.75 Å². The van der Waals surface area contributed by atoms with Crippen LogP contribution in [0.2, 0.25) is 0 Å². The van der Waals surface area contributed by atoms with Gasteiger partial charge < -0.3 is 20.1 Å². The van der Waals surface area contributed by atoms with Crippen LogP contribution >= 0.6 is 0 Å². The largest absolute Gasteiger partial charge is 0.493 e. The molecular formula is C15H18O7. The molecule has 0 amide bonds. The molecule has 0 spiro atoms. The maximum atomic E-state index is 10.8. The minimum Gasteiger partial charge on any atom is -0.493 e. The lowest BCUT2D eigenvalue weighted by Crippen LogP contribution is -2.03. The smallest absolute Gasteiger partial charge is 0.339 e. The molecule has 120 valence electrons. The lowest BCUT2D eigenvalue weighted by Gasteiger charge is -2.07. The number of carbonyl (C=O) groups is 3. The van der Waals surface area contributed by atoms with Crippen LogP contribution in [-0.2, 0) is 9.59 Å². The molecule has 0 atom stereocenters. The van der Waals surface area contributed by atoms with Crippen molar-refractivity contribution in [3.63, 3.8) is 0 Å². The number of hydrogen-bond acceptors (Lipinski definition) is 4. The zero-order valence-corrected chi connectivity index (χ0v) is 12.1. The predicted molar refractivity (Wildman–Crippen MR) is 78.2 cm³/mol. The lowest BCUT2D eigenvalue weighted by atomic mass is 10.2. The summed E-state index contributed by atoms with van der Waals surface area (Å²) in [6.07, 6.45) is 3.09. The van der Waals surface area contributed by atoms with Crippen LogP contribution in [-0.4, -0.2) is 39.8 Å². The summed E-state index contributed by atoms with van der Waals surface area (Å²) in [5.74, 6) is -3.01. The van der Waals surface area contributed by atoms with Gasteiger partial charge in [-0.1, -0.05) is 25.5 Å². The SMILES string of the molecule is CCCCOc1ccccc1C(=O)O.O=C(O)/C=C/C(=O)O. The van der Waals surface area contributed by atoms with Crippen molar-refractivity contribution in [1.82, 2.24) is 0 Å². The molecule has 0 aliphatic heterocycles. The van der Waals surface area contributed by atoms with Crippen LogP contribution in [0.3, 0.4) is 0 Å². The van der Waals surface area contributed by atoms with E-state index in [2.05, 4.69) is 6.92 Å². The van der Waals surface area contributed by atoms with E-state index in [1.165, 1.54) is 0 Å². The maximum Gasteiger partial charge on any atom is 0.339 e. The Morgan fingerprint density at radius 1 is 1.05 bits per heavy atom. The highest BCUT2D eigenvalue weighted by Gasteiger charge is 2.09. The molecule has 1 rings (SSSR count). The Kier molecular flexibility index (Phi) is 9.50. The van der Waals surface area contributed by atoms with Crippen LogP contribution in [0.15, 0.2) is 36.4 Å². The zero-order chi connectivity index (χ0) is 17.0. The Hall–Kier alpha value is -2.83. The van der Waals surface area contributed by atoms with Gasteiger partial charge in [-0.15, -0.1) is 0 Å². The van der Waals surface area contributed by atoms with Crippen molar-refractivity contribution >= 4 is 17.9 Å². The van der Waals surface area contributed by atoms with Gasteiger partial charge in [-0.25, -0.2) is 14.4 Å². The summed E-state index contributed by atoms with van der Waals surface area (Å²) < 4.78 is 5.36. The van der Waals surface area contributed by atoms with Crippen LogP contribution in [0.1, 0.15) is 30.1 Å². The van der Waals surface area contributed by atoms with Crippen LogP contribution in [0, 0.1) is 0 Å². The number of benzene rings is 1. The molecule has 0 saturated carbocycles. The van der Waals surface area contributed by atoms with E-state index in [-0.39, 0.29) is 5.56 Å². The molecule has 0 saturated heterocycles. The van der Waals surface area contributed by atoms with Crippen LogP contribution in [0.25, 0.3) is 0 Å². The van der Waals surface area contributed by atoms with Gasteiger partial charge in [-0.2, -0.15) is 0 Å². The highest BCUT2D eigenvalue weighted by molar-refractivity contribution is 5.90. The van der Waals surface area contributed by atoms with Gasteiger partial charge >= 0.3 is 17.9 Å². The average molecular weight is 310 g/mol. The van der Waals surface area contributed by atoms with Crippen molar-refractivity contribution < 1.29 is 34.4 Å². The average Bonchev–Trinajstić information content (AvgIpc) is 2.46. The monoisotopic (exact) mass is 310 g/mol. The molecule has 1 aromatic rings. The Bertz CT molecular complexity index is 518. The first-order valence-electron chi connectivity index (χ1n) is 6.47. The summed E-state index contributed by atoms with van der Waals surface area (Å²) in [6, 6.07) is 6.69. The normalized spacial score (nSPS) is 9.68. The second kappa shape index (κ2) is 10.9. The highest BCUT2D eigenvalue weighted by Crippen LogP contribution is 2.17. The zero-order valence-electron chi connectivity index (χ0n) is 12.1. The Balaban J connectivity index is 0.000000472. The first-order valence-corrected chi connectivity index (χ1v) is 6.47. The summed E-state index contributed by atoms with van der Waals surface area (Å²) in [4.78, 5) is 29.9. The van der Waals surface area contributed by atoms with Crippen LogP contribution in [0.4, 0.5) is 0 Å². The number of aliphatic carboxylic acids is 2. The van der Waals surface area contributed by atoms with Crippen LogP contribution < -0.4 is 4.74 Å². The quantitative estimate of drug-likeness (QED) is 0.521. The fourth-order valence-electron chi connectivity index (χ4n) is 1.24. The minimum atomic E-state index is -1.26. The third kappa shape index (κ3) is 9.13. The van der Waals surface area contributed by atoms with Gasteiger partial charge in [-0.05, 0) is 18.6 Å². The second-order valence-corrected chi connectivity index (χ2v) is 4.01. The van der Waals surface area contributed by atoms with Gasteiger partial charge in [0.05, 0.1) is 6.61 Å². The van der Waals surface area contributed by atoms with E-state index < -0.39 is 17.9 Å². The summed E-state index contributed by atoms with van der Waals surface area (Å²) in [5, 5.41) is 24.5. The van der Waals surface area contributed by atoms with Crippen molar-refractivity contribution in [2.24, 2.45) is 0 Å². The number of ether oxygens (including phenoxy) is 1. The second-order valence-electron chi connectivity index (χ2n) is 4.01. The first kappa shape index (κ1) is 19.2. The maximum absolute atomic E-state index is 10.8. The van der Waals surface area contributed by atoms with Gasteiger partial charge in [0, 0.05) is 12.2 Å². The fourth-order valence-corrected chi connectivity index (χ4v) is 1.24. The number of carboxylic acids is 3. The third-order valence-electron chi connectivity index (χ3n) is 2.24. The van der Waals surface area contributed by atoms with E-state index in [1.54, 1.807) is 24.3 Å². The van der Waals surface area contributed by atoms with E-state index in [4.69, 9.17) is 20.1 Å². The molecule has 7 nitrogen and oxygen atoms in total. The number of rotatable bonds is 7. The highest BCUT2D eigenvalue weighted by atomic mass is 16.5. The molecular weight excluding hydrogens is 292 g/mol. The summed E-state index contributed by atoms with van der Waals surface area (Å²) in [5.41, 5.74) is 0.226. The van der Waals surface area contributed by atoms with Gasteiger partial charge in [0.2, 0.25) is 0 Å². The Morgan fingerprint density at radius 2 is 1.59 bits per heavy atom. The van der Waals surface area contributed by atoms with E-state index in [1.807, 2.05) is 0 Å². The number of para-hydroxylation sites is 1. The molecule has 1 aromatic carbocycles. The lowest BCUT2D eigenvalue weighted by molar-refractivity contribution is -0.134. The summed E-state index contributed by atoms with van der Waals surface area (Å²) in [6.45, 7) is 2.63. The molecule has 3 N–H and O–H groups in total. The first-order chi connectivity index (χ1) is 10.4. The molecule has 0 aromatic heterocycles. The van der Waals surface area contributed by atoms with E-state index in [9.17, 15) is 14.4 Å². The van der Waals surface area contributed by atoms with Crippen LogP contribution in [0.5, 0.6) is 5.75 Å². The van der Waals surface area contributed by atoms with Gasteiger partial charge in [0.25, 0.3) is 0 Å². The number of carboxylic acid groups (broad SMARTS) is 3. The molecule has 0 aliphatic rings. The number of aromatic carboxylic acids is 1. The molecule has 0 fully saturated rings. The molecule has 0 heterocycles.